The van der Waals surface area contributed by atoms with Crippen LogP contribution in [0.5, 0.6) is 11.5 Å². The van der Waals surface area contributed by atoms with Crippen LogP contribution < -0.4 is 45.9 Å². The van der Waals surface area contributed by atoms with Gasteiger partial charge in [-0.2, -0.15) is 0 Å². The molecule has 2 aliphatic rings. The molecule has 0 bridgehead atoms. The lowest BCUT2D eigenvalue weighted by Gasteiger charge is -2.46. The fraction of sp³-hybridized carbons (Fsp3) is 0. The zero-order valence-corrected chi connectivity index (χ0v) is 35.1. The Balaban J connectivity index is 1.10. The van der Waals surface area contributed by atoms with Gasteiger partial charge in [-0.15, -0.1) is 11.3 Å². The lowest BCUT2D eigenvalue weighted by atomic mass is 10.0. The number of hydrogen-bond acceptors (Lipinski definition) is 3. The summed E-state index contributed by atoms with van der Waals surface area (Å²) in [6.45, 7) is 0. The molecule has 3 heterocycles. The third-order valence-corrected chi connectivity index (χ3v) is 22.5. The molecular formula is C54H37NOSSi2. The molecule has 2 nitrogen and oxygen atoms in total. The highest BCUT2D eigenvalue weighted by Gasteiger charge is 2.53. The van der Waals surface area contributed by atoms with E-state index in [1.807, 2.05) is 11.3 Å². The molecule has 1 atom stereocenters. The lowest BCUT2D eigenvalue weighted by molar-refractivity contribution is 0.487. The van der Waals surface area contributed by atoms with Gasteiger partial charge in [-0.05, 0) is 86.5 Å². The highest BCUT2D eigenvalue weighted by Crippen LogP contribution is 2.41. The van der Waals surface area contributed by atoms with E-state index >= 15 is 0 Å². The van der Waals surface area contributed by atoms with Crippen LogP contribution in [0, 0.1) is 0 Å². The van der Waals surface area contributed by atoms with E-state index in [1.165, 1.54) is 67.6 Å². The van der Waals surface area contributed by atoms with Gasteiger partial charge in [0.25, 0.3) is 0 Å². The molecule has 59 heavy (non-hydrogen) atoms. The fourth-order valence-electron chi connectivity index (χ4n) is 10.0. The first-order chi connectivity index (χ1) is 29.3. The first-order valence-electron chi connectivity index (χ1n) is 20.3. The topological polar surface area (TPSA) is 12.5 Å². The Bertz CT molecular complexity index is 3170. The number of rotatable bonds is 5. The summed E-state index contributed by atoms with van der Waals surface area (Å²) in [6, 6.07) is 81.3. The number of nitrogens with zero attached hydrogens (tertiary/aromatic N) is 1. The third-order valence-electron chi connectivity index (χ3n) is 12.5. The maximum atomic E-state index is 6.79. The molecule has 9 aromatic carbocycles. The highest BCUT2D eigenvalue weighted by molar-refractivity contribution is 7.27. The predicted octanol–water partition coefficient (Wildman–Crippen LogP) is 9.24. The Kier molecular flexibility index (Phi) is 7.95. The molecule has 5 heteroatoms. The highest BCUT2D eigenvalue weighted by atomic mass is 32.1. The largest absolute Gasteiger partial charge is 0.458 e. The summed E-state index contributed by atoms with van der Waals surface area (Å²) >= 11 is 1.88. The number of anilines is 3. The minimum absolute atomic E-state index is 0.966. The van der Waals surface area contributed by atoms with Gasteiger partial charge in [0.05, 0.1) is 0 Å². The second-order valence-electron chi connectivity index (χ2n) is 15.5. The van der Waals surface area contributed by atoms with Gasteiger partial charge in [-0.3, -0.25) is 0 Å². The summed E-state index contributed by atoms with van der Waals surface area (Å²) in [5.41, 5.74) is 5.90. The molecule has 0 saturated carbocycles. The second kappa shape index (κ2) is 13.7. The molecule has 1 aromatic heterocycles. The number of thiophene rings is 1. The Hall–Kier alpha value is -6.77. The van der Waals surface area contributed by atoms with Crippen molar-refractivity contribution in [2.24, 2.45) is 0 Å². The monoisotopic (exact) mass is 803 g/mol. The molecule has 10 aromatic rings. The molecular weight excluding hydrogens is 767 g/mol. The fourth-order valence-corrected chi connectivity index (χ4v) is 21.7. The van der Waals surface area contributed by atoms with Gasteiger partial charge >= 0.3 is 0 Å². The Morgan fingerprint density at radius 1 is 0.424 bits per heavy atom. The van der Waals surface area contributed by atoms with Crippen LogP contribution in [0.2, 0.25) is 0 Å². The van der Waals surface area contributed by atoms with Crippen LogP contribution in [0.3, 0.4) is 0 Å². The Morgan fingerprint density at radius 2 is 1.00 bits per heavy atom. The third kappa shape index (κ3) is 5.22. The van der Waals surface area contributed by atoms with E-state index in [9.17, 15) is 0 Å². The Labute approximate surface area is 350 Å². The van der Waals surface area contributed by atoms with Gasteiger partial charge in [0, 0.05) is 37.2 Å². The van der Waals surface area contributed by atoms with Crippen LogP contribution in [0.15, 0.2) is 218 Å². The van der Waals surface area contributed by atoms with E-state index in [4.69, 9.17) is 4.74 Å². The maximum Gasteiger partial charge on any atom is 0.188 e. The average molecular weight is 804 g/mol. The van der Waals surface area contributed by atoms with Gasteiger partial charge in [-0.1, -0.05) is 179 Å². The molecule has 0 aliphatic carbocycles. The standard InChI is InChI=1S/C54H37NOSSi2/c1-3-16-38(17-4-1)55(39-32-30-37(31-33-39)42-21-15-22-44-43-20-7-10-25-47(43)57-54(42)44)40-34-35-49-53(36-40)59(50-27-12-8-23-45(50)56-46-24-9-13-28-51(46)59)52-29-14-11-26-48(52)58(49)41-18-5-2-6-19-41/h1-36,58H. The molecule has 0 fully saturated rings. The van der Waals surface area contributed by atoms with Crippen molar-refractivity contribution >= 4 is 102 Å². The van der Waals surface area contributed by atoms with E-state index in [0.29, 0.717) is 0 Å². The van der Waals surface area contributed by atoms with Crippen LogP contribution in [-0.4, -0.2) is 16.9 Å². The Morgan fingerprint density at radius 3 is 1.76 bits per heavy atom. The molecule has 0 saturated heterocycles. The van der Waals surface area contributed by atoms with E-state index in [1.54, 1.807) is 0 Å². The van der Waals surface area contributed by atoms with Crippen molar-refractivity contribution in [1.29, 1.82) is 0 Å². The van der Waals surface area contributed by atoms with E-state index in [0.717, 1.165) is 28.6 Å². The van der Waals surface area contributed by atoms with Crippen LogP contribution in [0.4, 0.5) is 17.1 Å². The zero-order valence-electron chi connectivity index (χ0n) is 32.1. The van der Waals surface area contributed by atoms with Gasteiger partial charge in [0.15, 0.2) is 8.07 Å². The molecule has 0 N–H and O–H groups in total. The predicted molar refractivity (Wildman–Crippen MR) is 256 cm³/mol. The number of benzene rings is 9. The molecule has 0 radical (unpaired) electrons. The molecule has 12 rings (SSSR count). The van der Waals surface area contributed by atoms with Crippen LogP contribution >= 0.6 is 11.3 Å². The van der Waals surface area contributed by atoms with Gasteiger partial charge in [0.1, 0.15) is 20.3 Å². The SMILES string of the molecule is c1ccc(N(c2ccc(-c3cccc4c3sc3ccccc34)cc2)c2ccc3c(c2)[Si]2(c4ccccc4Oc4ccccc42)c2ccccc2[SiH]3c2ccccc2)cc1. The van der Waals surface area contributed by atoms with Crippen molar-refractivity contribution in [3.05, 3.63) is 218 Å². The number of hydrogen-bond donors (Lipinski definition) is 0. The summed E-state index contributed by atoms with van der Waals surface area (Å²) in [5.74, 6) is 1.93. The quantitative estimate of drug-likeness (QED) is 0.161. The molecule has 1 spiro atoms. The summed E-state index contributed by atoms with van der Waals surface area (Å²) in [6.07, 6.45) is 0. The van der Waals surface area contributed by atoms with Crippen LogP contribution in [0.25, 0.3) is 31.3 Å². The van der Waals surface area contributed by atoms with Crippen molar-refractivity contribution in [2.45, 2.75) is 0 Å². The first-order valence-corrected chi connectivity index (χ1v) is 24.8. The zero-order chi connectivity index (χ0) is 38.9. The molecule has 0 amide bonds. The second-order valence-corrected chi connectivity index (χ2v) is 23.0. The number of fused-ring (bicyclic) bond motifs is 11. The smallest absolute Gasteiger partial charge is 0.188 e. The van der Waals surface area contributed by atoms with E-state index in [-0.39, 0.29) is 0 Å². The van der Waals surface area contributed by atoms with Crippen LogP contribution in [-0.2, 0) is 0 Å². The van der Waals surface area contributed by atoms with Crippen molar-refractivity contribution in [3.8, 4) is 22.6 Å². The van der Waals surface area contributed by atoms with Crippen molar-refractivity contribution in [1.82, 2.24) is 0 Å². The number of para-hydroxylation sites is 3. The van der Waals surface area contributed by atoms with Crippen LogP contribution in [0.1, 0.15) is 0 Å². The van der Waals surface area contributed by atoms with E-state index in [2.05, 4.69) is 223 Å². The normalized spacial score (nSPS) is 14.5. The summed E-state index contributed by atoms with van der Waals surface area (Å²) in [7, 11) is -4.82. The first kappa shape index (κ1) is 34.3. The average Bonchev–Trinajstić information content (AvgIpc) is 3.69. The van der Waals surface area contributed by atoms with Gasteiger partial charge in [-0.25, -0.2) is 0 Å². The van der Waals surface area contributed by atoms with Crippen molar-refractivity contribution in [2.75, 3.05) is 4.90 Å². The molecule has 278 valence electrons. The summed E-state index contributed by atoms with van der Waals surface area (Å²) in [5, 5.41) is 12.7. The summed E-state index contributed by atoms with van der Waals surface area (Å²) < 4.78 is 9.45. The van der Waals surface area contributed by atoms with Gasteiger partial charge < -0.3 is 9.64 Å². The minimum atomic E-state index is -2.92. The maximum absolute atomic E-state index is 6.79. The molecule has 2 aliphatic heterocycles. The van der Waals surface area contributed by atoms with E-state index < -0.39 is 16.9 Å². The summed E-state index contributed by atoms with van der Waals surface area (Å²) in [4.78, 5) is 2.45. The molecule has 1 unspecified atom stereocenters. The van der Waals surface area contributed by atoms with Gasteiger partial charge in [0.2, 0.25) is 0 Å². The van der Waals surface area contributed by atoms with Crippen molar-refractivity contribution < 1.29 is 4.74 Å². The lowest BCUT2D eigenvalue weighted by Crippen LogP contribution is -2.87. The number of ether oxygens (including phenoxy) is 1. The minimum Gasteiger partial charge on any atom is -0.458 e. The van der Waals surface area contributed by atoms with Crippen molar-refractivity contribution in [3.63, 3.8) is 0 Å².